The van der Waals surface area contributed by atoms with E-state index in [4.69, 9.17) is 9.47 Å². The molecule has 0 amide bonds. The number of methoxy groups -OCH3 is 2. The van der Waals surface area contributed by atoms with E-state index in [1.54, 1.807) is 14.2 Å². The van der Waals surface area contributed by atoms with Crippen molar-refractivity contribution in [1.82, 2.24) is 9.80 Å². The van der Waals surface area contributed by atoms with Crippen LogP contribution in [0.3, 0.4) is 0 Å². The number of halogens is 1. The molecular formula is C32H53ClN2O4. The second-order valence-electron chi connectivity index (χ2n) is 11.4. The molecule has 1 saturated carbocycles. The highest BCUT2D eigenvalue weighted by molar-refractivity contribution is 5.85. The van der Waals surface area contributed by atoms with Gasteiger partial charge in [-0.2, -0.15) is 0 Å². The molecule has 3 rings (SSSR count). The van der Waals surface area contributed by atoms with Crippen LogP contribution in [0.1, 0.15) is 69.4 Å². The lowest BCUT2D eigenvalue weighted by Crippen LogP contribution is -2.42. The van der Waals surface area contributed by atoms with Gasteiger partial charge in [-0.1, -0.05) is 57.4 Å². The molecule has 0 saturated heterocycles. The van der Waals surface area contributed by atoms with Gasteiger partial charge in [-0.05, 0) is 82.8 Å². The van der Waals surface area contributed by atoms with E-state index in [9.17, 15) is 10.2 Å². The first-order valence-electron chi connectivity index (χ1n) is 14.0. The minimum Gasteiger partial charge on any atom is -0.497 e. The highest BCUT2D eigenvalue weighted by Crippen LogP contribution is 2.40. The Morgan fingerprint density at radius 2 is 1.44 bits per heavy atom. The van der Waals surface area contributed by atoms with E-state index in [1.807, 2.05) is 57.4 Å². The van der Waals surface area contributed by atoms with Crippen LogP contribution in [0, 0.1) is 5.92 Å². The second kappa shape index (κ2) is 16.4. The Morgan fingerprint density at radius 3 is 1.92 bits per heavy atom. The van der Waals surface area contributed by atoms with Crippen molar-refractivity contribution < 1.29 is 19.7 Å². The lowest BCUT2D eigenvalue weighted by molar-refractivity contribution is -0.0293. The van der Waals surface area contributed by atoms with Crippen LogP contribution in [0.4, 0.5) is 0 Å². The van der Waals surface area contributed by atoms with E-state index in [0.29, 0.717) is 6.42 Å². The number of aliphatic hydroxyl groups is 2. The highest BCUT2D eigenvalue weighted by atomic mass is 35.5. The maximum absolute atomic E-state index is 11.1. The van der Waals surface area contributed by atoms with Gasteiger partial charge in [-0.25, -0.2) is 0 Å². The van der Waals surface area contributed by atoms with Gasteiger partial charge in [-0.3, -0.25) is 0 Å². The molecule has 2 aromatic rings. The van der Waals surface area contributed by atoms with Crippen molar-refractivity contribution in [3.05, 3.63) is 59.7 Å². The van der Waals surface area contributed by atoms with Gasteiger partial charge in [0.25, 0.3) is 0 Å². The van der Waals surface area contributed by atoms with Crippen molar-refractivity contribution in [2.24, 2.45) is 5.92 Å². The Labute approximate surface area is 243 Å². The molecule has 6 nitrogen and oxygen atoms in total. The molecule has 1 fully saturated rings. The molecule has 222 valence electrons. The lowest BCUT2D eigenvalue weighted by atomic mass is 9.72. The molecule has 0 spiro atoms. The molecule has 0 heterocycles. The predicted octanol–water partition coefficient (Wildman–Crippen LogP) is 5.95. The predicted molar refractivity (Wildman–Crippen MR) is 164 cm³/mol. The summed E-state index contributed by atoms with van der Waals surface area (Å²) in [6, 6.07) is 15.9. The van der Waals surface area contributed by atoms with Gasteiger partial charge in [0.05, 0.1) is 25.4 Å². The van der Waals surface area contributed by atoms with Gasteiger partial charge in [0, 0.05) is 24.9 Å². The Hall–Kier alpha value is -1.83. The Kier molecular flexibility index (Phi) is 14.8. The largest absolute Gasteiger partial charge is 0.497 e. The van der Waals surface area contributed by atoms with Gasteiger partial charge in [0.1, 0.15) is 11.5 Å². The first-order valence-corrected chi connectivity index (χ1v) is 14.0. The molecule has 39 heavy (non-hydrogen) atoms. The number of hydrogen-bond donors (Lipinski definition) is 2. The van der Waals surface area contributed by atoms with Crippen molar-refractivity contribution in [1.29, 1.82) is 0 Å². The average Bonchev–Trinajstić information content (AvgIpc) is 2.91. The fourth-order valence-corrected chi connectivity index (χ4v) is 5.73. The summed E-state index contributed by atoms with van der Waals surface area (Å²) >= 11 is 0. The monoisotopic (exact) mass is 564 g/mol. The van der Waals surface area contributed by atoms with E-state index in [2.05, 4.69) is 43.0 Å². The summed E-state index contributed by atoms with van der Waals surface area (Å²) in [5, 5.41) is 22.0. The third-order valence-corrected chi connectivity index (χ3v) is 8.00. The molecule has 1 aliphatic rings. The third-order valence-electron chi connectivity index (χ3n) is 8.00. The van der Waals surface area contributed by atoms with Crippen molar-refractivity contribution in [2.75, 3.05) is 55.5 Å². The fourth-order valence-electron chi connectivity index (χ4n) is 5.73. The molecule has 2 N–H and O–H groups in total. The van der Waals surface area contributed by atoms with E-state index in [1.165, 1.54) is 12.0 Å². The summed E-state index contributed by atoms with van der Waals surface area (Å²) in [4.78, 5) is 4.27. The number of nitrogens with zero attached hydrogens (tertiary/aromatic N) is 2. The molecule has 1 aliphatic carbocycles. The number of ether oxygens (including phenoxy) is 2. The van der Waals surface area contributed by atoms with Crippen molar-refractivity contribution in [2.45, 2.75) is 69.5 Å². The standard InChI is InChI=1S/C17H27NO2.C15H25NO2.ClH/c1-18(2)13-16(17(19)11-5-4-6-12-17)14-7-9-15(20-3)10-8-14;1-6-15(17,12(2)11-16(3)4)13-8-7-9-14(10-13)18-5;/h7-10,16,19H,4-6,11-13H2,1-3H3;7-10,12,17H,6,11H2,1-5H3;1H/t;12-,15-;/m.1./s1. The lowest BCUT2D eigenvalue weighted by Gasteiger charge is -2.40. The quantitative estimate of drug-likeness (QED) is 0.352. The summed E-state index contributed by atoms with van der Waals surface area (Å²) in [7, 11) is 11.5. The maximum atomic E-state index is 11.1. The average molecular weight is 565 g/mol. The maximum Gasteiger partial charge on any atom is 0.119 e. The van der Waals surface area contributed by atoms with E-state index in [0.717, 1.165) is 55.8 Å². The van der Waals surface area contributed by atoms with Crippen molar-refractivity contribution >= 4 is 12.4 Å². The van der Waals surface area contributed by atoms with Gasteiger partial charge in [-0.15, -0.1) is 12.4 Å². The van der Waals surface area contributed by atoms with Gasteiger partial charge < -0.3 is 29.5 Å². The van der Waals surface area contributed by atoms with E-state index < -0.39 is 11.2 Å². The summed E-state index contributed by atoms with van der Waals surface area (Å²) in [6.07, 6.45) is 6.04. The zero-order valence-corrected chi connectivity index (χ0v) is 26.3. The SMILES string of the molecule is CC[C@](O)(c1cccc(OC)c1)[C@H](C)CN(C)C.COc1ccc(C(CN(C)C)C2(O)CCCCC2)cc1.Cl. The molecule has 0 aliphatic heterocycles. The third kappa shape index (κ3) is 9.94. The topological polar surface area (TPSA) is 65.4 Å². The zero-order chi connectivity index (χ0) is 28.3. The smallest absolute Gasteiger partial charge is 0.119 e. The van der Waals surface area contributed by atoms with E-state index >= 15 is 0 Å². The summed E-state index contributed by atoms with van der Waals surface area (Å²) in [5.41, 5.74) is 0.776. The Balaban J connectivity index is 0.000000383. The molecule has 0 aromatic heterocycles. The van der Waals surface area contributed by atoms with Gasteiger partial charge in [0.15, 0.2) is 0 Å². The zero-order valence-electron chi connectivity index (χ0n) is 25.4. The molecule has 7 heteroatoms. The molecule has 3 atom stereocenters. The summed E-state index contributed by atoms with van der Waals surface area (Å²) in [6.45, 7) is 5.83. The first-order chi connectivity index (χ1) is 18.0. The van der Waals surface area contributed by atoms with Crippen LogP contribution in [0.15, 0.2) is 48.5 Å². The van der Waals surface area contributed by atoms with Crippen LogP contribution in [0.2, 0.25) is 0 Å². The van der Waals surface area contributed by atoms with Gasteiger partial charge >= 0.3 is 0 Å². The van der Waals surface area contributed by atoms with Crippen LogP contribution in [0.5, 0.6) is 11.5 Å². The van der Waals surface area contributed by atoms with Crippen LogP contribution in [0.25, 0.3) is 0 Å². The number of hydrogen-bond acceptors (Lipinski definition) is 6. The Bertz CT molecular complexity index is 947. The van der Waals surface area contributed by atoms with Crippen molar-refractivity contribution in [3.63, 3.8) is 0 Å². The fraction of sp³-hybridized carbons (Fsp3) is 0.625. The van der Waals surface area contributed by atoms with Crippen LogP contribution in [-0.4, -0.2) is 81.1 Å². The highest BCUT2D eigenvalue weighted by Gasteiger charge is 2.39. The second-order valence-corrected chi connectivity index (χ2v) is 11.4. The first kappa shape index (κ1) is 35.2. The Morgan fingerprint density at radius 1 is 0.872 bits per heavy atom. The number of rotatable bonds is 11. The minimum atomic E-state index is -0.807. The normalized spacial score (nSPS) is 17.7. The molecule has 1 unspecified atom stereocenters. The van der Waals surface area contributed by atoms with Crippen LogP contribution >= 0.6 is 12.4 Å². The van der Waals surface area contributed by atoms with Crippen molar-refractivity contribution in [3.8, 4) is 11.5 Å². The molecule has 0 bridgehead atoms. The van der Waals surface area contributed by atoms with Crippen LogP contribution < -0.4 is 9.47 Å². The summed E-state index contributed by atoms with van der Waals surface area (Å²) < 4.78 is 10.5. The molecular weight excluding hydrogens is 512 g/mol. The molecule has 0 radical (unpaired) electrons. The summed E-state index contributed by atoms with van der Waals surface area (Å²) in [5.74, 6) is 1.98. The number of benzene rings is 2. The molecule has 2 aromatic carbocycles. The van der Waals surface area contributed by atoms with E-state index in [-0.39, 0.29) is 24.2 Å². The number of likely N-dealkylation sites (N-methyl/N-ethyl adjacent to an activating group) is 1. The van der Waals surface area contributed by atoms with Crippen LogP contribution in [-0.2, 0) is 5.60 Å². The van der Waals surface area contributed by atoms with Gasteiger partial charge in [0.2, 0.25) is 0 Å². The minimum absolute atomic E-state index is 0.